The van der Waals surface area contributed by atoms with Crippen molar-refractivity contribution in [3.8, 4) is 0 Å². The van der Waals surface area contributed by atoms with Gasteiger partial charge in [-0.25, -0.2) is 4.79 Å². The highest BCUT2D eigenvalue weighted by atomic mass is 16.4. The molecule has 0 aliphatic rings. The number of para-hydroxylation sites is 1. The van der Waals surface area contributed by atoms with Gasteiger partial charge < -0.3 is 15.7 Å². The van der Waals surface area contributed by atoms with Crippen LogP contribution in [-0.2, 0) is 4.79 Å². The monoisotopic (exact) mass is 264 g/mol. The minimum absolute atomic E-state index is 0.0312. The van der Waals surface area contributed by atoms with Gasteiger partial charge in [0.05, 0.1) is 5.92 Å². The fraction of sp³-hybridized carbons (Fsp3) is 0.429. The Morgan fingerprint density at radius 3 is 2.42 bits per heavy atom. The van der Waals surface area contributed by atoms with Gasteiger partial charge in [-0.3, -0.25) is 4.79 Å². The molecule has 0 aliphatic carbocycles. The molecule has 1 atom stereocenters. The normalized spacial score (nSPS) is 12.0. The number of nitrogens with one attached hydrogen (secondary N) is 2. The van der Waals surface area contributed by atoms with Gasteiger partial charge in [-0.05, 0) is 24.5 Å². The first-order valence-electron chi connectivity index (χ1n) is 6.25. The molecule has 0 radical (unpaired) electrons. The van der Waals surface area contributed by atoms with Crippen LogP contribution in [-0.4, -0.2) is 23.7 Å². The molecule has 5 heteroatoms. The summed E-state index contributed by atoms with van der Waals surface area (Å²) >= 11 is 0. The van der Waals surface area contributed by atoms with Crippen molar-refractivity contribution < 1.29 is 14.7 Å². The summed E-state index contributed by atoms with van der Waals surface area (Å²) < 4.78 is 0. The van der Waals surface area contributed by atoms with Crippen LogP contribution in [0.15, 0.2) is 24.3 Å². The molecule has 0 fully saturated rings. The van der Waals surface area contributed by atoms with E-state index in [1.807, 2.05) is 39.0 Å². The molecule has 2 amide bonds. The molecular weight excluding hydrogens is 244 g/mol. The number of anilines is 1. The van der Waals surface area contributed by atoms with Crippen LogP contribution >= 0.6 is 0 Å². The average Bonchev–Trinajstić information content (AvgIpc) is 2.31. The predicted molar refractivity (Wildman–Crippen MR) is 74.2 cm³/mol. The molecule has 0 aromatic heterocycles. The Balaban J connectivity index is 2.52. The first-order valence-corrected chi connectivity index (χ1v) is 6.25. The minimum Gasteiger partial charge on any atom is -0.481 e. The number of carboxylic acids is 1. The van der Waals surface area contributed by atoms with Gasteiger partial charge in [0.15, 0.2) is 0 Å². The van der Waals surface area contributed by atoms with E-state index >= 15 is 0 Å². The first kappa shape index (κ1) is 15.0. The van der Waals surface area contributed by atoms with Crippen molar-refractivity contribution in [2.45, 2.75) is 20.8 Å². The van der Waals surface area contributed by atoms with Crippen molar-refractivity contribution >= 4 is 17.7 Å². The third-order valence-corrected chi connectivity index (χ3v) is 3.00. The van der Waals surface area contributed by atoms with E-state index in [9.17, 15) is 9.59 Å². The van der Waals surface area contributed by atoms with Crippen LogP contribution in [0.1, 0.15) is 19.4 Å². The number of aliphatic carboxylic acids is 1. The fourth-order valence-corrected chi connectivity index (χ4v) is 1.69. The summed E-state index contributed by atoms with van der Waals surface area (Å²) in [5, 5.41) is 14.3. The summed E-state index contributed by atoms with van der Waals surface area (Å²) in [6.07, 6.45) is 0. The van der Waals surface area contributed by atoms with Crippen LogP contribution in [0.5, 0.6) is 0 Å². The number of carboxylic acid groups (broad SMARTS) is 1. The summed E-state index contributed by atoms with van der Waals surface area (Å²) in [6, 6.07) is 7.02. The highest BCUT2D eigenvalue weighted by Gasteiger charge is 2.21. The lowest BCUT2D eigenvalue weighted by molar-refractivity contribution is -0.142. The van der Waals surface area contributed by atoms with E-state index < -0.39 is 11.9 Å². The molecule has 0 aliphatic heterocycles. The molecule has 1 unspecified atom stereocenters. The van der Waals surface area contributed by atoms with Gasteiger partial charge in [0.25, 0.3) is 0 Å². The standard InChI is InChI=1S/C14H20N2O3/c1-9(2)11(13(17)18)8-15-14(19)16-12-7-5-4-6-10(12)3/h4-7,9,11H,8H2,1-3H3,(H,17,18)(H2,15,16,19). The Kier molecular flexibility index (Phi) is 5.36. The largest absolute Gasteiger partial charge is 0.481 e. The maximum atomic E-state index is 11.7. The zero-order valence-corrected chi connectivity index (χ0v) is 11.4. The second kappa shape index (κ2) is 6.78. The second-order valence-corrected chi connectivity index (χ2v) is 4.84. The maximum Gasteiger partial charge on any atom is 0.319 e. The number of amides is 2. The van der Waals surface area contributed by atoms with E-state index in [2.05, 4.69) is 10.6 Å². The zero-order chi connectivity index (χ0) is 14.4. The van der Waals surface area contributed by atoms with E-state index in [1.54, 1.807) is 6.07 Å². The van der Waals surface area contributed by atoms with Crippen molar-refractivity contribution in [1.29, 1.82) is 0 Å². The van der Waals surface area contributed by atoms with Crippen molar-refractivity contribution in [1.82, 2.24) is 5.32 Å². The Bertz CT molecular complexity index is 458. The van der Waals surface area contributed by atoms with Gasteiger partial charge >= 0.3 is 12.0 Å². The summed E-state index contributed by atoms with van der Waals surface area (Å²) in [6.45, 7) is 5.65. The Labute approximate surface area is 113 Å². The highest BCUT2D eigenvalue weighted by Crippen LogP contribution is 2.13. The molecule has 0 saturated carbocycles. The Hall–Kier alpha value is -2.04. The molecule has 19 heavy (non-hydrogen) atoms. The number of hydrogen-bond donors (Lipinski definition) is 3. The van der Waals surface area contributed by atoms with Crippen molar-refractivity contribution in [3.63, 3.8) is 0 Å². The molecule has 0 spiro atoms. The summed E-state index contributed by atoms with van der Waals surface area (Å²) in [5.41, 5.74) is 1.67. The van der Waals surface area contributed by atoms with Crippen molar-refractivity contribution in [2.24, 2.45) is 11.8 Å². The van der Waals surface area contributed by atoms with Crippen molar-refractivity contribution in [3.05, 3.63) is 29.8 Å². The third-order valence-electron chi connectivity index (χ3n) is 3.00. The molecule has 0 saturated heterocycles. The molecule has 1 rings (SSSR count). The Morgan fingerprint density at radius 1 is 1.26 bits per heavy atom. The van der Waals surface area contributed by atoms with E-state index in [0.29, 0.717) is 0 Å². The summed E-state index contributed by atoms with van der Waals surface area (Å²) in [5.74, 6) is -1.51. The number of urea groups is 1. The first-order chi connectivity index (χ1) is 8.91. The van der Waals surface area contributed by atoms with E-state index in [1.165, 1.54) is 0 Å². The van der Waals surface area contributed by atoms with Gasteiger partial charge in [-0.1, -0.05) is 32.0 Å². The van der Waals surface area contributed by atoms with Crippen LogP contribution in [0.3, 0.4) is 0 Å². The van der Waals surface area contributed by atoms with Gasteiger partial charge in [0.2, 0.25) is 0 Å². The van der Waals surface area contributed by atoms with Gasteiger partial charge in [-0.2, -0.15) is 0 Å². The number of benzene rings is 1. The fourth-order valence-electron chi connectivity index (χ4n) is 1.69. The molecule has 0 bridgehead atoms. The van der Waals surface area contributed by atoms with Crippen LogP contribution < -0.4 is 10.6 Å². The van der Waals surface area contributed by atoms with Gasteiger partial charge in [0, 0.05) is 12.2 Å². The smallest absolute Gasteiger partial charge is 0.319 e. The molecule has 104 valence electrons. The van der Waals surface area contributed by atoms with Crippen molar-refractivity contribution in [2.75, 3.05) is 11.9 Å². The van der Waals surface area contributed by atoms with Crippen LogP contribution in [0.2, 0.25) is 0 Å². The molecular formula is C14H20N2O3. The molecule has 0 heterocycles. The minimum atomic E-state index is -0.897. The number of rotatable bonds is 5. The molecule has 3 N–H and O–H groups in total. The van der Waals surface area contributed by atoms with Gasteiger partial charge in [-0.15, -0.1) is 0 Å². The van der Waals surface area contributed by atoms with Crippen LogP contribution in [0.4, 0.5) is 10.5 Å². The quantitative estimate of drug-likeness (QED) is 0.764. The number of carbonyl (C=O) groups excluding carboxylic acids is 1. The number of carbonyl (C=O) groups is 2. The maximum absolute atomic E-state index is 11.7. The molecule has 1 aromatic carbocycles. The lowest BCUT2D eigenvalue weighted by atomic mass is 9.96. The topological polar surface area (TPSA) is 78.4 Å². The molecule has 1 aromatic rings. The number of hydrogen-bond acceptors (Lipinski definition) is 2. The highest BCUT2D eigenvalue weighted by molar-refractivity contribution is 5.90. The Morgan fingerprint density at radius 2 is 1.89 bits per heavy atom. The lowest BCUT2D eigenvalue weighted by Crippen LogP contribution is -2.37. The average molecular weight is 264 g/mol. The van der Waals surface area contributed by atoms with E-state index in [-0.39, 0.29) is 18.5 Å². The summed E-state index contributed by atoms with van der Waals surface area (Å²) in [7, 11) is 0. The van der Waals surface area contributed by atoms with Crippen LogP contribution in [0, 0.1) is 18.8 Å². The van der Waals surface area contributed by atoms with Crippen LogP contribution in [0.25, 0.3) is 0 Å². The van der Waals surface area contributed by atoms with Gasteiger partial charge in [0.1, 0.15) is 0 Å². The second-order valence-electron chi connectivity index (χ2n) is 4.84. The summed E-state index contributed by atoms with van der Waals surface area (Å²) in [4.78, 5) is 22.7. The number of aryl methyl sites for hydroxylation is 1. The van der Waals surface area contributed by atoms with E-state index in [0.717, 1.165) is 11.3 Å². The predicted octanol–water partition coefficient (Wildman–Crippen LogP) is 2.47. The van der Waals surface area contributed by atoms with E-state index in [4.69, 9.17) is 5.11 Å². The SMILES string of the molecule is Cc1ccccc1NC(=O)NCC(C(=O)O)C(C)C. The lowest BCUT2D eigenvalue weighted by Gasteiger charge is -2.17. The molecule has 5 nitrogen and oxygen atoms in total. The third kappa shape index (κ3) is 4.62. The zero-order valence-electron chi connectivity index (χ0n) is 11.4.